The average molecular weight is 934 g/mol. The molecule has 10 rings (SSSR count). The zero-order valence-corrected chi connectivity index (χ0v) is 43.9. The van der Waals surface area contributed by atoms with Gasteiger partial charge < -0.3 is 0 Å². The van der Waals surface area contributed by atoms with Crippen molar-refractivity contribution in [1.29, 1.82) is 0 Å². The second kappa shape index (κ2) is 19.3. The van der Waals surface area contributed by atoms with Crippen LogP contribution in [0.15, 0.2) is 164 Å². The quantitative estimate of drug-likeness (QED) is 0.145. The Balaban J connectivity index is 1.29. The molecular formula is C69H63N3. The number of hydrogen-bond donors (Lipinski definition) is 0. The predicted octanol–water partition coefficient (Wildman–Crippen LogP) is 18.6. The Labute approximate surface area is 427 Å². The Morgan fingerprint density at radius 1 is 0.139 bits per heavy atom. The molecule has 10 aromatic rings. The van der Waals surface area contributed by atoms with Crippen molar-refractivity contribution < 1.29 is 0 Å². The lowest BCUT2D eigenvalue weighted by atomic mass is 9.92. The van der Waals surface area contributed by atoms with Crippen molar-refractivity contribution in [3.63, 3.8) is 0 Å². The molecule has 3 aromatic heterocycles. The second-order valence-electron chi connectivity index (χ2n) is 20.9. The molecule has 3 nitrogen and oxygen atoms in total. The molecule has 0 spiro atoms. The van der Waals surface area contributed by atoms with E-state index in [-0.39, 0.29) is 0 Å². The first-order chi connectivity index (χ1) is 34.4. The molecule has 0 bridgehead atoms. The number of benzene rings is 7. The molecular weight excluding hydrogens is 871 g/mol. The molecule has 72 heavy (non-hydrogen) atoms. The van der Waals surface area contributed by atoms with Gasteiger partial charge in [-0.15, -0.1) is 0 Å². The fraction of sp³-hybridized carbons (Fsp3) is 0.174. The Hall–Kier alpha value is -8.01. The van der Waals surface area contributed by atoms with Gasteiger partial charge in [-0.2, -0.15) is 0 Å². The molecule has 0 atom stereocenters. The molecule has 0 saturated carbocycles. The van der Waals surface area contributed by atoms with Crippen LogP contribution in [0, 0.1) is 83.1 Å². The highest BCUT2D eigenvalue weighted by Crippen LogP contribution is 2.40. The van der Waals surface area contributed by atoms with E-state index in [9.17, 15) is 0 Å². The van der Waals surface area contributed by atoms with E-state index in [2.05, 4.69) is 247 Å². The smallest absolute Gasteiger partial charge is 0.0716 e. The Kier molecular flexibility index (Phi) is 12.8. The largest absolute Gasteiger partial charge is 0.248 e. The van der Waals surface area contributed by atoms with Gasteiger partial charge in [0.05, 0.1) is 34.2 Å². The number of aryl methyl sites for hydroxylation is 12. The highest BCUT2D eigenvalue weighted by molar-refractivity contribution is 5.86. The van der Waals surface area contributed by atoms with Crippen molar-refractivity contribution in [1.82, 2.24) is 15.0 Å². The van der Waals surface area contributed by atoms with Crippen LogP contribution < -0.4 is 0 Å². The van der Waals surface area contributed by atoms with Crippen LogP contribution in [0.1, 0.15) is 66.8 Å². The summed E-state index contributed by atoms with van der Waals surface area (Å²) < 4.78 is 0. The molecule has 0 fully saturated rings. The minimum atomic E-state index is 0.879. The molecule has 7 aromatic carbocycles. The van der Waals surface area contributed by atoms with Crippen molar-refractivity contribution in [2.45, 2.75) is 83.1 Å². The fourth-order valence-electron chi connectivity index (χ4n) is 10.8. The first-order valence-corrected chi connectivity index (χ1v) is 25.2. The number of nitrogens with zero attached hydrogens (tertiary/aromatic N) is 3. The summed E-state index contributed by atoms with van der Waals surface area (Å²) >= 11 is 0. The normalized spacial score (nSPS) is 11.3. The van der Waals surface area contributed by atoms with E-state index in [1.165, 1.54) is 83.5 Å². The highest BCUT2D eigenvalue weighted by Gasteiger charge is 2.19. The Bertz CT molecular complexity index is 3040. The predicted molar refractivity (Wildman–Crippen MR) is 306 cm³/mol. The van der Waals surface area contributed by atoms with Gasteiger partial charge in [-0.25, -0.2) is 15.0 Å². The van der Waals surface area contributed by atoms with E-state index in [1.54, 1.807) is 0 Å². The van der Waals surface area contributed by atoms with Gasteiger partial charge in [0.15, 0.2) is 0 Å². The summed E-state index contributed by atoms with van der Waals surface area (Å²) in [6, 6.07) is 61.1. The lowest BCUT2D eigenvalue weighted by Gasteiger charge is -2.17. The topological polar surface area (TPSA) is 38.7 Å². The van der Waals surface area contributed by atoms with Crippen LogP contribution >= 0.6 is 0 Å². The van der Waals surface area contributed by atoms with Gasteiger partial charge in [-0.05, 0) is 207 Å². The summed E-state index contributed by atoms with van der Waals surface area (Å²) in [7, 11) is 0. The fourth-order valence-corrected chi connectivity index (χ4v) is 10.8. The summed E-state index contributed by atoms with van der Waals surface area (Å²) in [4.78, 5) is 16.8. The van der Waals surface area contributed by atoms with Crippen LogP contribution in [-0.2, 0) is 0 Å². The van der Waals surface area contributed by atoms with Crippen molar-refractivity contribution >= 4 is 0 Å². The van der Waals surface area contributed by atoms with E-state index >= 15 is 0 Å². The second-order valence-corrected chi connectivity index (χ2v) is 20.9. The molecule has 0 N–H and O–H groups in total. The maximum atomic E-state index is 5.59. The number of rotatable bonds is 9. The van der Waals surface area contributed by atoms with Gasteiger partial charge in [0, 0.05) is 33.4 Å². The third-order valence-corrected chi connectivity index (χ3v) is 13.5. The van der Waals surface area contributed by atoms with Gasteiger partial charge in [0.25, 0.3) is 0 Å². The van der Waals surface area contributed by atoms with E-state index in [0.717, 1.165) is 84.2 Å². The molecule has 354 valence electrons. The van der Waals surface area contributed by atoms with Gasteiger partial charge in [-0.1, -0.05) is 140 Å². The summed E-state index contributed by atoms with van der Waals surface area (Å²) in [5.74, 6) is 0. The first-order valence-electron chi connectivity index (χ1n) is 25.2. The lowest BCUT2D eigenvalue weighted by molar-refractivity contribution is 1.28. The third-order valence-electron chi connectivity index (χ3n) is 13.5. The standard InChI is InChI=1S/C69H63N3/c1-40-13-41(2)20-52(19-40)55-34-64(58-25-46(7)16-47(8)26-58)70-67(37-55)61-31-62(68-38-56(53-21-42(3)14-43(4)22-53)35-65(71-68)59-27-48(9)17-49(10)28-59)33-63(32-61)69-39-57(54-23-44(5)15-45(6)24-54)36-66(72-69)60-29-50(11)18-51(12)30-60/h13-39H,1-12H3. The van der Waals surface area contributed by atoms with Crippen molar-refractivity contribution in [2.75, 3.05) is 0 Å². The van der Waals surface area contributed by atoms with Crippen LogP contribution in [0.4, 0.5) is 0 Å². The van der Waals surface area contributed by atoms with Crippen LogP contribution in [0.2, 0.25) is 0 Å². The molecule has 0 aliphatic rings. The van der Waals surface area contributed by atoms with Crippen LogP contribution in [0.5, 0.6) is 0 Å². The minimum Gasteiger partial charge on any atom is -0.248 e. The minimum absolute atomic E-state index is 0.879. The lowest BCUT2D eigenvalue weighted by Crippen LogP contribution is -1.97. The highest BCUT2D eigenvalue weighted by atomic mass is 14.7. The molecule has 3 heterocycles. The zero-order chi connectivity index (χ0) is 50.5. The Morgan fingerprint density at radius 2 is 0.264 bits per heavy atom. The van der Waals surface area contributed by atoms with Gasteiger partial charge in [-0.3, -0.25) is 0 Å². The van der Waals surface area contributed by atoms with Crippen molar-refractivity contribution in [3.05, 3.63) is 231 Å². The number of pyridine rings is 3. The van der Waals surface area contributed by atoms with Gasteiger partial charge >= 0.3 is 0 Å². The van der Waals surface area contributed by atoms with Crippen molar-refractivity contribution in [3.8, 4) is 101 Å². The SMILES string of the molecule is Cc1cc(C)cc(-c2cc(-c3cc(C)cc(C)c3)nc(-c3cc(-c4cc(-c5cc(C)cc(C)c5)cc(-c5cc(C)cc(C)c5)n4)cc(-c4cc(-c5cc(C)cc(C)c5)cc(-c5cc(C)cc(C)c5)n4)c3)c2)c1. The molecule has 0 aliphatic carbocycles. The van der Waals surface area contributed by atoms with Gasteiger partial charge in [0.1, 0.15) is 0 Å². The molecule has 3 heteroatoms. The van der Waals surface area contributed by atoms with Crippen LogP contribution in [0.3, 0.4) is 0 Å². The maximum Gasteiger partial charge on any atom is 0.0716 e. The first kappa shape index (κ1) is 47.7. The van der Waals surface area contributed by atoms with E-state index in [0.29, 0.717) is 0 Å². The summed E-state index contributed by atoms with van der Waals surface area (Å²) in [5, 5.41) is 0. The van der Waals surface area contributed by atoms with E-state index in [1.807, 2.05) is 0 Å². The molecule has 0 saturated heterocycles. The molecule has 0 unspecified atom stereocenters. The number of hydrogen-bond acceptors (Lipinski definition) is 3. The number of aromatic nitrogens is 3. The van der Waals surface area contributed by atoms with Crippen LogP contribution in [-0.4, -0.2) is 15.0 Å². The van der Waals surface area contributed by atoms with Gasteiger partial charge in [0.2, 0.25) is 0 Å². The molecule has 0 aliphatic heterocycles. The van der Waals surface area contributed by atoms with Crippen LogP contribution in [0.25, 0.3) is 101 Å². The zero-order valence-electron chi connectivity index (χ0n) is 43.9. The van der Waals surface area contributed by atoms with Crippen molar-refractivity contribution in [2.24, 2.45) is 0 Å². The molecule has 0 amide bonds. The van der Waals surface area contributed by atoms with E-state index in [4.69, 9.17) is 15.0 Å². The Morgan fingerprint density at radius 3 is 0.431 bits per heavy atom. The summed E-state index contributed by atoms with van der Waals surface area (Å²) in [6.07, 6.45) is 0. The summed E-state index contributed by atoms with van der Waals surface area (Å²) in [6.45, 7) is 26.0. The third kappa shape index (κ3) is 10.5. The monoisotopic (exact) mass is 934 g/mol. The maximum absolute atomic E-state index is 5.59. The average Bonchev–Trinajstić information content (AvgIpc) is 3.31. The summed E-state index contributed by atoms with van der Waals surface area (Å²) in [5.41, 5.74) is 33.1. The van der Waals surface area contributed by atoms with E-state index < -0.39 is 0 Å². The molecule has 0 radical (unpaired) electrons.